The number of nitrogens with one attached hydrogen (secondary N) is 1. The van der Waals surface area contributed by atoms with E-state index in [1.165, 1.54) is 0 Å². The summed E-state index contributed by atoms with van der Waals surface area (Å²) in [6.07, 6.45) is 6.60. The van der Waals surface area contributed by atoms with E-state index in [0.717, 1.165) is 28.9 Å². The number of nitrogens with zero attached hydrogens (tertiary/aromatic N) is 4. The largest absolute Gasteiger partial charge is 0.364 e. The monoisotopic (exact) mass is 375 g/mol. The summed E-state index contributed by atoms with van der Waals surface area (Å²) in [5, 5.41) is 1.79. The molecule has 3 aromatic heterocycles. The highest BCUT2D eigenvalue weighted by Crippen LogP contribution is 2.36. The number of H-pyrrole nitrogens is 1. The maximum atomic E-state index is 12.4. The van der Waals surface area contributed by atoms with Gasteiger partial charge >= 0.3 is 5.97 Å². The highest BCUT2D eigenvalue weighted by atomic mass is 16.7. The van der Waals surface area contributed by atoms with Gasteiger partial charge < -0.3 is 9.82 Å². The van der Waals surface area contributed by atoms with Crippen molar-refractivity contribution in [2.24, 2.45) is 5.92 Å². The van der Waals surface area contributed by atoms with Crippen molar-refractivity contribution >= 4 is 22.8 Å². The van der Waals surface area contributed by atoms with E-state index >= 15 is 0 Å². The zero-order chi connectivity index (χ0) is 19.1. The molecule has 0 saturated carbocycles. The van der Waals surface area contributed by atoms with Gasteiger partial charge in [-0.15, -0.1) is 5.06 Å². The molecule has 142 valence electrons. The van der Waals surface area contributed by atoms with E-state index in [1.807, 2.05) is 36.7 Å². The number of aromatic nitrogens is 4. The summed E-state index contributed by atoms with van der Waals surface area (Å²) in [6, 6.07) is 11.1. The molecular formula is C21H21N5O2. The van der Waals surface area contributed by atoms with Crippen molar-refractivity contribution in [2.75, 3.05) is 13.1 Å². The Morgan fingerprint density at radius 3 is 2.86 bits per heavy atom. The Kier molecular flexibility index (Phi) is 4.09. The van der Waals surface area contributed by atoms with Crippen LogP contribution in [-0.2, 0) is 4.84 Å². The highest BCUT2D eigenvalue weighted by Gasteiger charge is 2.37. The molecule has 0 amide bonds. The minimum Gasteiger partial charge on any atom is -0.364 e. The summed E-state index contributed by atoms with van der Waals surface area (Å²) in [5.41, 5.74) is 4.38. The average molecular weight is 375 g/mol. The molecule has 7 heteroatoms. The van der Waals surface area contributed by atoms with Gasteiger partial charge in [0.2, 0.25) is 0 Å². The first-order chi connectivity index (χ1) is 13.7. The molecule has 0 bridgehead atoms. The first kappa shape index (κ1) is 16.9. The Hall–Kier alpha value is -3.19. The molecule has 4 heterocycles. The van der Waals surface area contributed by atoms with Gasteiger partial charge in [0, 0.05) is 37.1 Å². The smallest absolute Gasteiger partial charge is 0.357 e. The summed E-state index contributed by atoms with van der Waals surface area (Å²) >= 11 is 0. The van der Waals surface area contributed by atoms with Gasteiger partial charge in [-0.3, -0.25) is 4.40 Å². The topological polar surface area (TPSA) is 75.5 Å². The van der Waals surface area contributed by atoms with E-state index in [2.05, 4.69) is 26.3 Å². The number of hydroxylamine groups is 2. The van der Waals surface area contributed by atoms with E-state index in [-0.39, 0.29) is 11.9 Å². The minimum atomic E-state index is -0.313. The van der Waals surface area contributed by atoms with E-state index in [4.69, 9.17) is 4.84 Å². The molecule has 1 N–H and O–H groups in total. The van der Waals surface area contributed by atoms with Crippen molar-refractivity contribution in [3.63, 3.8) is 0 Å². The molecule has 0 aliphatic carbocycles. The summed E-state index contributed by atoms with van der Waals surface area (Å²) < 4.78 is 2.16. The molecule has 1 aromatic carbocycles. The van der Waals surface area contributed by atoms with Gasteiger partial charge in [0.15, 0.2) is 11.3 Å². The second-order valence-electron chi connectivity index (χ2n) is 7.21. The van der Waals surface area contributed by atoms with E-state index < -0.39 is 0 Å². The molecule has 7 nitrogen and oxygen atoms in total. The van der Waals surface area contributed by atoms with Crippen LogP contribution < -0.4 is 0 Å². The summed E-state index contributed by atoms with van der Waals surface area (Å²) in [4.78, 5) is 30.3. The van der Waals surface area contributed by atoms with Gasteiger partial charge in [-0.2, -0.15) is 0 Å². The van der Waals surface area contributed by atoms with Crippen LogP contribution in [0, 0.1) is 5.92 Å². The number of rotatable bonds is 4. The van der Waals surface area contributed by atoms with Crippen molar-refractivity contribution < 1.29 is 9.63 Å². The molecule has 1 fully saturated rings. The van der Waals surface area contributed by atoms with Crippen molar-refractivity contribution in [2.45, 2.75) is 19.3 Å². The third-order valence-corrected chi connectivity index (χ3v) is 5.60. The second-order valence-corrected chi connectivity index (χ2v) is 7.21. The lowest BCUT2D eigenvalue weighted by molar-refractivity contribution is -0.0959. The van der Waals surface area contributed by atoms with Crippen molar-refractivity contribution in [1.82, 2.24) is 24.4 Å². The van der Waals surface area contributed by atoms with Gasteiger partial charge in [-0.05, 0) is 24.1 Å². The summed E-state index contributed by atoms with van der Waals surface area (Å²) in [7, 11) is 0. The lowest BCUT2D eigenvalue weighted by Gasteiger charge is -2.16. The van der Waals surface area contributed by atoms with Crippen LogP contribution in [0.5, 0.6) is 0 Å². The molecule has 5 rings (SSSR count). The fraction of sp³-hybridized carbons (Fsp3) is 0.286. The van der Waals surface area contributed by atoms with E-state index in [0.29, 0.717) is 24.6 Å². The summed E-state index contributed by atoms with van der Waals surface area (Å²) in [6.45, 7) is 3.55. The zero-order valence-electron chi connectivity index (χ0n) is 15.6. The van der Waals surface area contributed by atoms with Crippen molar-refractivity contribution in [3.8, 4) is 0 Å². The molecule has 0 radical (unpaired) electrons. The van der Waals surface area contributed by atoms with Crippen LogP contribution in [0.3, 0.4) is 0 Å². The maximum Gasteiger partial charge on any atom is 0.357 e. The molecule has 0 spiro atoms. The van der Waals surface area contributed by atoms with Gasteiger partial charge in [-0.1, -0.05) is 31.5 Å². The summed E-state index contributed by atoms with van der Waals surface area (Å²) in [5.74, 6) is 0.293. The van der Waals surface area contributed by atoms with E-state index in [1.54, 1.807) is 23.4 Å². The molecule has 0 unspecified atom stereocenters. The number of carbonyl (C=O) groups excluding carboxylic acids is 1. The average Bonchev–Trinajstić information content (AvgIpc) is 3.45. The Morgan fingerprint density at radius 1 is 1.18 bits per heavy atom. The molecule has 1 aliphatic rings. The molecule has 28 heavy (non-hydrogen) atoms. The number of imidazole rings is 1. The van der Waals surface area contributed by atoms with Gasteiger partial charge in [0.25, 0.3) is 0 Å². The molecule has 2 atom stereocenters. The standard InChI is InChI=1S/C21H21N5O2/c1-2-14-12-25(28-21(27)15-6-4-3-5-7-15)13-16(14)18-10-23-19-11-24-20-17(26(18)19)8-9-22-20/h3-11,14,16,22H,2,12-13H2,1H3/t14-,16+/m1/s1. The quantitative estimate of drug-likeness (QED) is 0.592. The predicted molar refractivity (Wildman–Crippen MR) is 105 cm³/mol. The van der Waals surface area contributed by atoms with Gasteiger partial charge in [0.05, 0.1) is 17.3 Å². The highest BCUT2D eigenvalue weighted by molar-refractivity contribution is 5.89. The first-order valence-electron chi connectivity index (χ1n) is 9.56. The molecular weight excluding hydrogens is 354 g/mol. The number of hydrogen-bond donors (Lipinski definition) is 1. The normalized spacial score (nSPS) is 20.2. The fourth-order valence-electron chi connectivity index (χ4n) is 4.15. The fourth-order valence-corrected chi connectivity index (χ4v) is 4.15. The number of benzene rings is 1. The Morgan fingerprint density at radius 2 is 2.04 bits per heavy atom. The minimum absolute atomic E-state index is 0.226. The third-order valence-electron chi connectivity index (χ3n) is 5.60. The number of carbonyl (C=O) groups is 1. The van der Waals surface area contributed by atoms with Gasteiger partial charge in [-0.25, -0.2) is 14.8 Å². The van der Waals surface area contributed by atoms with Crippen LogP contribution in [0.4, 0.5) is 0 Å². The van der Waals surface area contributed by atoms with E-state index in [9.17, 15) is 4.79 Å². The lowest BCUT2D eigenvalue weighted by Crippen LogP contribution is -2.25. The number of aromatic amines is 1. The van der Waals surface area contributed by atoms with Gasteiger partial charge in [0.1, 0.15) is 0 Å². The van der Waals surface area contributed by atoms with Crippen molar-refractivity contribution in [1.29, 1.82) is 0 Å². The van der Waals surface area contributed by atoms with Crippen LogP contribution in [0.15, 0.2) is 55.0 Å². The zero-order valence-corrected chi connectivity index (χ0v) is 15.6. The first-order valence-corrected chi connectivity index (χ1v) is 9.56. The van der Waals surface area contributed by atoms with Crippen molar-refractivity contribution in [3.05, 3.63) is 66.2 Å². The maximum absolute atomic E-state index is 12.4. The molecule has 1 saturated heterocycles. The predicted octanol–water partition coefficient (Wildman–Crippen LogP) is 3.41. The Bertz CT molecular complexity index is 1130. The van der Waals surface area contributed by atoms with Crippen LogP contribution in [0.1, 0.15) is 35.3 Å². The molecule has 4 aromatic rings. The Balaban J connectivity index is 1.45. The SMILES string of the molecule is CC[C@@H]1CN(OC(=O)c2ccccc2)C[C@@H]1c1cnc2cnc3[nH]ccc3n12. The van der Waals surface area contributed by atoms with Crippen LogP contribution in [0.25, 0.3) is 16.8 Å². The number of hydrogen-bond acceptors (Lipinski definition) is 5. The van der Waals surface area contributed by atoms with Crippen LogP contribution in [-0.4, -0.2) is 43.5 Å². The third kappa shape index (κ3) is 2.75. The Labute approximate surface area is 161 Å². The van der Waals surface area contributed by atoms with Crippen LogP contribution in [0.2, 0.25) is 0 Å². The molecule has 1 aliphatic heterocycles. The number of fused-ring (bicyclic) bond motifs is 3. The second kappa shape index (κ2) is 6.76. The lowest BCUT2D eigenvalue weighted by atomic mass is 9.91. The van der Waals surface area contributed by atoms with Crippen LogP contribution >= 0.6 is 0 Å².